The maximum Gasteiger partial charge on any atom is 0.313 e. The topological polar surface area (TPSA) is 75.4 Å². The Balaban J connectivity index is 1.97. The number of hydrogen-bond donors (Lipinski definition) is 1. The number of hydrogen-bond acceptors (Lipinski definition) is 6. The lowest BCUT2D eigenvalue weighted by Crippen LogP contribution is -2.27. The van der Waals surface area contributed by atoms with Crippen LogP contribution in [0.1, 0.15) is 10.4 Å². The van der Waals surface area contributed by atoms with Crippen LogP contribution in [0.3, 0.4) is 0 Å². The summed E-state index contributed by atoms with van der Waals surface area (Å²) in [7, 11) is 2.03. The second kappa shape index (κ2) is 7.06. The van der Waals surface area contributed by atoms with Crippen LogP contribution in [0.2, 0.25) is 0 Å². The number of nitrogens with zero attached hydrogens (tertiary/aromatic N) is 3. The minimum absolute atomic E-state index is 0.235. The zero-order chi connectivity index (χ0) is 19.1. The van der Waals surface area contributed by atoms with E-state index in [0.717, 1.165) is 41.7 Å². The van der Waals surface area contributed by atoms with E-state index in [0.29, 0.717) is 15.9 Å². The fourth-order valence-corrected chi connectivity index (χ4v) is 5.29. The van der Waals surface area contributed by atoms with Gasteiger partial charge in [0.1, 0.15) is 10.6 Å². The van der Waals surface area contributed by atoms with Crippen LogP contribution >= 0.6 is 23.1 Å². The molecule has 6 nitrogen and oxygen atoms in total. The van der Waals surface area contributed by atoms with Crippen molar-refractivity contribution in [2.24, 2.45) is 0 Å². The van der Waals surface area contributed by atoms with Gasteiger partial charge >= 0.3 is 5.97 Å². The van der Waals surface area contributed by atoms with E-state index >= 15 is 0 Å². The molecule has 0 atom stereocenters. The number of thioether (sulfide) groups is 1. The third-order valence-electron chi connectivity index (χ3n) is 4.43. The summed E-state index contributed by atoms with van der Waals surface area (Å²) < 4.78 is 15.1. The molecule has 0 unspecified atom stereocenters. The number of rotatable bonds is 4. The average molecular weight is 405 g/mol. The van der Waals surface area contributed by atoms with E-state index in [1.807, 2.05) is 7.05 Å². The van der Waals surface area contributed by atoms with Gasteiger partial charge in [-0.25, -0.2) is 9.37 Å². The average Bonchev–Trinajstić information content (AvgIpc) is 2.97. The zero-order valence-electron chi connectivity index (χ0n) is 14.4. The van der Waals surface area contributed by atoms with Gasteiger partial charge in [-0.05, 0) is 37.2 Å². The first-order valence-electron chi connectivity index (χ1n) is 8.30. The van der Waals surface area contributed by atoms with E-state index in [-0.39, 0.29) is 16.5 Å². The summed E-state index contributed by atoms with van der Waals surface area (Å²) in [6.45, 7) is 1.61. The van der Waals surface area contributed by atoms with Crippen molar-refractivity contribution in [2.75, 3.05) is 19.3 Å². The molecule has 3 aromatic rings. The molecule has 0 bridgehead atoms. The summed E-state index contributed by atoms with van der Waals surface area (Å²) in [6.07, 6.45) is 0.757. The van der Waals surface area contributed by atoms with Crippen molar-refractivity contribution >= 4 is 39.3 Å². The number of carbonyl (C=O) groups is 1. The number of likely N-dealkylation sites (N-methyl/N-ethyl adjacent to an activating group) is 1. The molecule has 2 aromatic heterocycles. The van der Waals surface area contributed by atoms with Crippen molar-refractivity contribution in [3.63, 3.8) is 0 Å². The van der Waals surface area contributed by atoms with Gasteiger partial charge in [-0.3, -0.25) is 14.2 Å². The number of aliphatic carboxylic acids is 1. The molecule has 1 N–H and O–H groups in total. The second-order valence-corrected chi connectivity index (χ2v) is 8.40. The third-order valence-corrected chi connectivity index (χ3v) is 6.46. The number of benzene rings is 1. The molecule has 0 spiro atoms. The lowest BCUT2D eigenvalue weighted by Gasteiger charge is -2.21. The Hall–Kier alpha value is -2.23. The van der Waals surface area contributed by atoms with Crippen LogP contribution in [0.15, 0.2) is 34.2 Å². The van der Waals surface area contributed by atoms with E-state index in [2.05, 4.69) is 9.88 Å². The fraction of sp³-hybridized carbons (Fsp3) is 0.278. The predicted octanol–water partition coefficient (Wildman–Crippen LogP) is 2.75. The minimum Gasteiger partial charge on any atom is -0.481 e. The van der Waals surface area contributed by atoms with Crippen molar-refractivity contribution in [2.45, 2.75) is 18.1 Å². The molecule has 9 heteroatoms. The summed E-state index contributed by atoms with van der Waals surface area (Å²) >= 11 is 2.43. The summed E-state index contributed by atoms with van der Waals surface area (Å²) in [5.41, 5.74) is 1.07. The molecule has 0 saturated heterocycles. The van der Waals surface area contributed by atoms with E-state index < -0.39 is 11.8 Å². The minimum atomic E-state index is -1.01. The molecular formula is C18H16FN3O3S2. The van der Waals surface area contributed by atoms with E-state index in [1.165, 1.54) is 34.1 Å². The van der Waals surface area contributed by atoms with Crippen molar-refractivity contribution in [1.82, 2.24) is 14.5 Å². The third kappa shape index (κ3) is 3.38. The molecule has 1 aliphatic rings. The second-order valence-electron chi connectivity index (χ2n) is 6.37. The van der Waals surface area contributed by atoms with Gasteiger partial charge < -0.3 is 10.0 Å². The first-order valence-corrected chi connectivity index (χ1v) is 10.1. The smallest absolute Gasteiger partial charge is 0.313 e. The highest BCUT2D eigenvalue weighted by molar-refractivity contribution is 7.99. The standard InChI is InChI=1S/C18H16FN3O3S2/c1-21-6-5-12-13(8-21)27-16-15(12)17(25)22(11-4-2-3-10(19)7-11)18(20-16)26-9-14(23)24/h2-4,7H,5-6,8-9H2,1H3,(H,23,24). The fourth-order valence-electron chi connectivity index (χ4n) is 3.22. The van der Waals surface area contributed by atoms with Crippen LogP contribution in [-0.4, -0.2) is 44.9 Å². The lowest BCUT2D eigenvalue weighted by atomic mass is 10.1. The molecule has 3 heterocycles. The highest BCUT2D eigenvalue weighted by Gasteiger charge is 2.24. The van der Waals surface area contributed by atoms with Gasteiger partial charge in [0.25, 0.3) is 5.56 Å². The number of carboxylic acid groups (broad SMARTS) is 1. The van der Waals surface area contributed by atoms with Crippen molar-refractivity contribution in [1.29, 1.82) is 0 Å². The van der Waals surface area contributed by atoms with Gasteiger partial charge in [0.05, 0.1) is 16.8 Å². The van der Waals surface area contributed by atoms with Crippen molar-refractivity contribution < 1.29 is 14.3 Å². The van der Waals surface area contributed by atoms with Gasteiger partial charge in [0.2, 0.25) is 0 Å². The molecule has 0 radical (unpaired) electrons. The number of halogens is 1. The largest absolute Gasteiger partial charge is 0.481 e. The SMILES string of the molecule is CN1CCc2c(sc3nc(SCC(=O)O)n(-c4cccc(F)c4)c(=O)c23)C1. The summed E-state index contributed by atoms with van der Waals surface area (Å²) in [6, 6.07) is 5.69. The molecule has 140 valence electrons. The highest BCUT2D eigenvalue weighted by Crippen LogP contribution is 2.33. The van der Waals surface area contributed by atoms with Gasteiger partial charge in [-0.2, -0.15) is 0 Å². The van der Waals surface area contributed by atoms with Gasteiger partial charge in [0, 0.05) is 18.0 Å². The van der Waals surface area contributed by atoms with Gasteiger partial charge in [-0.15, -0.1) is 11.3 Å². The number of aromatic nitrogens is 2. The van der Waals surface area contributed by atoms with Gasteiger partial charge in [-0.1, -0.05) is 17.8 Å². The monoisotopic (exact) mass is 405 g/mol. The summed E-state index contributed by atoms with van der Waals surface area (Å²) in [5.74, 6) is -1.71. The van der Waals surface area contributed by atoms with Crippen LogP contribution in [0, 0.1) is 5.82 Å². The first-order chi connectivity index (χ1) is 12.9. The van der Waals surface area contributed by atoms with E-state index in [9.17, 15) is 14.0 Å². The lowest BCUT2D eigenvalue weighted by molar-refractivity contribution is -0.133. The zero-order valence-corrected chi connectivity index (χ0v) is 16.1. The Bertz CT molecular complexity index is 1110. The van der Waals surface area contributed by atoms with Gasteiger partial charge in [0.15, 0.2) is 5.16 Å². The van der Waals surface area contributed by atoms with E-state index in [4.69, 9.17) is 5.11 Å². The number of carboxylic acids is 1. The molecule has 1 aliphatic heterocycles. The number of thiophene rings is 1. The maximum atomic E-state index is 13.8. The normalized spacial score (nSPS) is 14.4. The Labute approximate surface area is 162 Å². The molecule has 0 aliphatic carbocycles. The Morgan fingerprint density at radius 1 is 1.44 bits per heavy atom. The van der Waals surface area contributed by atoms with Crippen LogP contribution in [0.5, 0.6) is 0 Å². The molecule has 0 fully saturated rings. The molecule has 0 amide bonds. The molecule has 1 aromatic carbocycles. The van der Waals surface area contributed by atoms with Crippen molar-refractivity contribution in [3.05, 3.63) is 50.9 Å². The van der Waals surface area contributed by atoms with Crippen LogP contribution in [0.25, 0.3) is 15.9 Å². The number of fused-ring (bicyclic) bond motifs is 3. The Morgan fingerprint density at radius 3 is 3.00 bits per heavy atom. The highest BCUT2D eigenvalue weighted by atomic mass is 32.2. The maximum absolute atomic E-state index is 13.8. The first kappa shape index (κ1) is 18.1. The molecule has 0 saturated carbocycles. The van der Waals surface area contributed by atoms with Crippen molar-refractivity contribution in [3.8, 4) is 5.69 Å². The predicted molar refractivity (Wildman–Crippen MR) is 104 cm³/mol. The Morgan fingerprint density at radius 2 is 2.26 bits per heavy atom. The van der Waals surface area contributed by atoms with E-state index in [1.54, 1.807) is 6.07 Å². The van der Waals surface area contributed by atoms with Crippen LogP contribution in [0.4, 0.5) is 4.39 Å². The van der Waals surface area contributed by atoms with Crippen LogP contribution < -0.4 is 5.56 Å². The molecule has 4 rings (SSSR count). The molecular weight excluding hydrogens is 389 g/mol. The Kier molecular flexibility index (Phi) is 4.75. The molecule has 27 heavy (non-hydrogen) atoms. The quantitative estimate of drug-likeness (QED) is 0.531. The van der Waals surface area contributed by atoms with Crippen LogP contribution in [-0.2, 0) is 17.8 Å². The summed E-state index contributed by atoms with van der Waals surface area (Å²) in [5, 5.41) is 9.84. The summed E-state index contributed by atoms with van der Waals surface area (Å²) in [4.78, 5) is 32.9.